The van der Waals surface area contributed by atoms with Gasteiger partial charge in [0.25, 0.3) is 11.8 Å². The van der Waals surface area contributed by atoms with Gasteiger partial charge in [-0.05, 0) is 49.4 Å². The summed E-state index contributed by atoms with van der Waals surface area (Å²) >= 11 is 0. The molecule has 0 saturated carbocycles. The quantitative estimate of drug-likeness (QED) is 0.478. The molecule has 4 rings (SSSR count). The Balaban J connectivity index is 0.00000289. The maximum absolute atomic E-state index is 14.2. The van der Waals surface area contributed by atoms with Crippen LogP contribution in [-0.2, 0) is 5.92 Å². The molecule has 0 aliphatic rings. The summed E-state index contributed by atoms with van der Waals surface area (Å²) in [4.78, 5) is 20.6. The number of halogens is 2. The first-order chi connectivity index (χ1) is 14.8. The third-order valence-corrected chi connectivity index (χ3v) is 4.62. The molecule has 0 radical (unpaired) electrons. The summed E-state index contributed by atoms with van der Waals surface area (Å²) in [6, 6.07) is 15.1. The van der Waals surface area contributed by atoms with Crippen molar-refractivity contribution in [2.24, 2.45) is 0 Å². The number of carbonyl (C=O) groups excluding carboxylic acids is 1. The van der Waals surface area contributed by atoms with Crippen LogP contribution in [0.15, 0.2) is 73.2 Å². The summed E-state index contributed by atoms with van der Waals surface area (Å²) in [5.41, 5.74) is 2.62. The van der Waals surface area contributed by atoms with Gasteiger partial charge in [-0.15, -0.1) is 0 Å². The highest BCUT2D eigenvalue weighted by Crippen LogP contribution is 2.32. The fraction of sp³-hybridized carbons (Fsp3) is 0.130. The second-order valence-electron chi connectivity index (χ2n) is 7.19. The van der Waals surface area contributed by atoms with Crippen molar-refractivity contribution in [3.63, 3.8) is 0 Å². The number of hydrogen-bond donors (Lipinski definition) is 1. The average Bonchev–Trinajstić information content (AvgIpc) is 3.21. The Hall–Kier alpha value is -3.94. The average molecular weight is 421 g/mol. The predicted molar refractivity (Wildman–Crippen MR) is 115 cm³/mol. The molecule has 158 valence electrons. The second kappa shape index (κ2) is 8.06. The summed E-state index contributed by atoms with van der Waals surface area (Å²) in [5, 5.41) is 7.06. The maximum atomic E-state index is 14.2. The number of aromatic nitrogens is 4. The Labute approximate surface area is 179 Å². The van der Waals surface area contributed by atoms with Gasteiger partial charge in [-0.1, -0.05) is 17.7 Å². The Morgan fingerprint density at radius 1 is 1.10 bits per heavy atom. The van der Waals surface area contributed by atoms with Crippen molar-refractivity contribution in [3.8, 4) is 17.1 Å². The minimum Gasteiger partial charge on any atom is -0.321 e. The molecule has 0 aliphatic carbocycles. The van der Waals surface area contributed by atoms with E-state index in [1.165, 1.54) is 18.3 Å². The van der Waals surface area contributed by atoms with Crippen LogP contribution in [0, 0.1) is 6.92 Å². The molecule has 1 N–H and O–H groups in total. The Bertz CT molecular complexity index is 1220. The molecule has 0 aliphatic heterocycles. The molecule has 3 heterocycles. The lowest BCUT2D eigenvalue weighted by Crippen LogP contribution is -2.16. The van der Waals surface area contributed by atoms with Crippen molar-refractivity contribution >= 4 is 11.6 Å². The SMILES string of the molecule is Cc1cccc(C(=O)Nc2ccc(-n3nc(-c4cccnc4)cc3C(C)(F)F)nc2)c1.[HH]. The highest BCUT2D eigenvalue weighted by molar-refractivity contribution is 6.04. The molecule has 1 aromatic carbocycles. The van der Waals surface area contributed by atoms with Crippen LogP contribution < -0.4 is 5.32 Å². The third-order valence-electron chi connectivity index (χ3n) is 4.62. The van der Waals surface area contributed by atoms with Gasteiger partial charge in [0.2, 0.25) is 0 Å². The van der Waals surface area contributed by atoms with E-state index in [0.29, 0.717) is 22.5 Å². The van der Waals surface area contributed by atoms with E-state index < -0.39 is 5.92 Å². The molecule has 0 spiro atoms. The third kappa shape index (κ3) is 4.48. The monoisotopic (exact) mass is 421 g/mol. The van der Waals surface area contributed by atoms with Crippen LogP contribution in [-0.4, -0.2) is 25.7 Å². The Kier molecular flexibility index (Phi) is 5.29. The van der Waals surface area contributed by atoms with E-state index in [1.54, 1.807) is 48.8 Å². The van der Waals surface area contributed by atoms with E-state index in [4.69, 9.17) is 0 Å². The van der Waals surface area contributed by atoms with Gasteiger partial charge in [0, 0.05) is 31.9 Å². The molecule has 0 saturated heterocycles. The number of aryl methyl sites for hydroxylation is 1. The highest BCUT2D eigenvalue weighted by atomic mass is 19.3. The zero-order chi connectivity index (χ0) is 22.0. The number of nitrogens with one attached hydrogen (secondary N) is 1. The Morgan fingerprint density at radius 2 is 1.94 bits per heavy atom. The van der Waals surface area contributed by atoms with Gasteiger partial charge in [0.05, 0.1) is 17.6 Å². The second-order valence-corrected chi connectivity index (χ2v) is 7.19. The van der Waals surface area contributed by atoms with Crippen molar-refractivity contribution in [1.29, 1.82) is 0 Å². The van der Waals surface area contributed by atoms with Gasteiger partial charge < -0.3 is 5.32 Å². The van der Waals surface area contributed by atoms with Crippen molar-refractivity contribution in [3.05, 3.63) is 90.0 Å². The van der Waals surface area contributed by atoms with Crippen LogP contribution >= 0.6 is 0 Å². The first-order valence-electron chi connectivity index (χ1n) is 9.54. The number of nitrogens with zero attached hydrogens (tertiary/aromatic N) is 4. The normalized spacial score (nSPS) is 11.4. The largest absolute Gasteiger partial charge is 0.321 e. The van der Waals surface area contributed by atoms with Crippen molar-refractivity contribution in [1.82, 2.24) is 19.7 Å². The van der Waals surface area contributed by atoms with E-state index in [-0.39, 0.29) is 18.8 Å². The van der Waals surface area contributed by atoms with Crippen LogP contribution in [0.1, 0.15) is 30.0 Å². The summed E-state index contributed by atoms with van der Waals surface area (Å²) in [5.74, 6) is -3.20. The van der Waals surface area contributed by atoms with E-state index in [2.05, 4.69) is 20.4 Å². The molecule has 8 heteroatoms. The van der Waals surface area contributed by atoms with Gasteiger partial charge in [-0.2, -0.15) is 13.9 Å². The topological polar surface area (TPSA) is 72.7 Å². The lowest BCUT2D eigenvalue weighted by atomic mass is 10.1. The summed E-state index contributed by atoms with van der Waals surface area (Å²) in [6.45, 7) is 2.71. The number of pyridine rings is 2. The van der Waals surface area contributed by atoms with Crippen LogP contribution in [0.4, 0.5) is 14.5 Å². The predicted octanol–water partition coefficient (Wildman–Crippen LogP) is 5.25. The van der Waals surface area contributed by atoms with E-state index in [9.17, 15) is 13.6 Å². The lowest BCUT2D eigenvalue weighted by molar-refractivity contribution is 0.0101. The van der Waals surface area contributed by atoms with Crippen LogP contribution in [0.3, 0.4) is 0 Å². The van der Waals surface area contributed by atoms with Gasteiger partial charge in [-0.3, -0.25) is 9.78 Å². The van der Waals surface area contributed by atoms with Crippen molar-refractivity contribution in [2.45, 2.75) is 19.8 Å². The number of carbonyl (C=O) groups is 1. The molecular weight excluding hydrogens is 400 g/mol. The van der Waals surface area contributed by atoms with Crippen LogP contribution in [0.2, 0.25) is 0 Å². The number of alkyl halides is 2. The van der Waals surface area contributed by atoms with Crippen molar-refractivity contribution in [2.75, 3.05) is 5.32 Å². The van der Waals surface area contributed by atoms with E-state index in [1.807, 2.05) is 13.0 Å². The molecular formula is C23H21F2N5O. The first-order valence-corrected chi connectivity index (χ1v) is 9.54. The number of hydrogen-bond acceptors (Lipinski definition) is 4. The molecule has 0 unspecified atom stereocenters. The Morgan fingerprint density at radius 3 is 2.58 bits per heavy atom. The van der Waals surface area contributed by atoms with Gasteiger partial charge in [-0.25, -0.2) is 9.67 Å². The molecule has 0 atom stereocenters. The van der Waals surface area contributed by atoms with Crippen LogP contribution in [0.5, 0.6) is 0 Å². The summed E-state index contributed by atoms with van der Waals surface area (Å²) in [7, 11) is 0. The fourth-order valence-corrected chi connectivity index (χ4v) is 3.10. The molecule has 1 amide bonds. The maximum Gasteiger partial charge on any atom is 0.287 e. The summed E-state index contributed by atoms with van der Waals surface area (Å²) in [6.07, 6.45) is 4.56. The molecule has 0 bridgehead atoms. The zero-order valence-corrected chi connectivity index (χ0v) is 16.9. The molecule has 0 fully saturated rings. The fourth-order valence-electron chi connectivity index (χ4n) is 3.10. The lowest BCUT2D eigenvalue weighted by Gasteiger charge is -2.13. The molecule has 4 aromatic rings. The standard InChI is InChI=1S/C23H19F2N5O.H2/c1-15-5-3-6-16(11-15)22(31)28-18-8-9-21(27-14-18)30-20(23(2,24)25)12-19(29-30)17-7-4-10-26-13-17;/h3-14H,1-2H3,(H,28,31);1H. The van der Waals surface area contributed by atoms with Crippen LogP contribution in [0.25, 0.3) is 17.1 Å². The molecule has 3 aromatic heterocycles. The first kappa shape index (κ1) is 20.3. The van der Waals surface area contributed by atoms with Gasteiger partial charge in [0.1, 0.15) is 5.69 Å². The number of anilines is 1. The zero-order valence-electron chi connectivity index (χ0n) is 16.9. The number of rotatable bonds is 5. The summed E-state index contributed by atoms with van der Waals surface area (Å²) < 4.78 is 29.6. The molecule has 6 nitrogen and oxygen atoms in total. The minimum absolute atomic E-state index is 0. The highest BCUT2D eigenvalue weighted by Gasteiger charge is 2.31. The minimum atomic E-state index is -3.13. The number of benzene rings is 1. The number of amides is 1. The van der Waals surface area contributed by atoms with Gasteiger partial charge >= 0.3 is 0 Å². The van der Waals surface area contributed by atoms with E-state index in [0.717, 1.165) is 17.2 Å². The van der Waals surface area contributed by atoms with Gasteiger partial charge in [0.15, 0.2) is 5.82 Å². The van der Waals surface area contributed by atoms with Crippen molar-refractivity contribution < 1.29 is 15.0 Å². The van der Waals surface area contributed by atoms with E-state index >= 15 is 0 Å². The molecule has 31 heavy (non-hydrogen) atoms. The smallest absolute Gasteiger partial charge is 0.287 e.